The lowest BCUT2D eigenvalue weighted by Crippen LogP contribution is -2.57. The van der Waals surface area contributed by atoms with Crippen LogP contribution in [0.2, 0.25) is 0 Å². The van der Waals surface area contributed by atoms with Crippen molar-refractivity contribution in [3.8, 4) is 0 Å². The Morgan fingerprint density at radius 1 is 1.28 bits per heavy atom. The molecule has 3 rings (SSSR count). The van der Waals surface area contributed by atoms with Crippen LogP contribution in [0.1, 0.15) is 46.5 Å². The van der Waals surface area contributed by atoms with E-state index in [-0.39, 0.29) is 5.60 Å². The van der Waals surface area contributed by atoms with Gasteiger partial charge in [-0.05, 0) is 52.4 Å². The van der Waals surface area contributed by atoms with Gasteiger partial charge in [0.15, 0.2) is 0 Å². The number of piperazine rings is 1. The molecule has 1 N–H and O–H groups in total. The molecule has 3 heteroatoms. The molecular weight excluding hydrogens is 224 g/mol. The minimum Gasteiger partial charge on any atom is -0.371 e. The van der Waals surface area contributed by atoms with Crippen LogP contribution in [0.3, 0.4) is 0 Å². The van der Waals surface area contributed by atoms with Crippen molar-refractivity contribution < 1.29 is 4.74 Å². The first-order chi connectivity index (χ1) is 8.53. The molecule has 3 aliphatic rings. The van der Waals surface area contributed by atoms with Gasteiger partial charge in [0, 0.05) is 31.7 Å². The molecule has 2 aliphatic heterocycles. The molecule has 0 radical (unpaired) electrons. The summed E-state index contributed by atoms with van der Waals surface area (Å²) in [6.07, 6.45) is 5.80. The van der Waals surface area contributed by atoms with Gasteiger partial charge in [-0.1, -0.05) is 0 Å². The highest BCUT2D eigenvalue weighted by molar-refractivity contribution is 4.95. The summed E-state index contributed by atoms with van der Waals surface area (Å²) < 4.78 is 6.17. The first-order valence-corrected chi connectivity index (χ1v) is 7.69. The maximum absolute atomic E-state index is 6.17. The highest BCUT2D eigenvalue weighted by atomic mass is 16.5. The largest absolute Gasteiger partial charge is 0.371 e. The van der Waals surface area contributed by atoms with E-state index in [1.54, 1.807) is 0 Å². The summed E-state index contributed by atoms with van der Waals surface area (Å²) in [6, 6.07) is 1.41. The number of hydrogen-bond acceptors (Lipinski definition) is 3. The second-order valence-corrected chi connectivity index (χ2v) is 7.21. The Hall–Kier alpha value is -0.120. The van der Waals surface area contributed by atoms with E-state index in [4.69, 9.17) is 4.74 Å². The summed E-state index contributed by atoms with van der Waals surface area (Å²) in [7, 11) is 0. The van der Waals surface area contributed by atoms with Crippen LogP contribution in [0.4, 0.5) is 0 Å². The van der Waals surface area contributed by atoms with E-state index in [1.807, 2.05) is 0 Å². The minimum atomic E-state index is 0.111. The summed E-state index contributed by atoms with van der Waals surface area (Å²) >= 11 is 0. The highest BCUT2D eigenvalue weighted by Gasteiger charge is 2.40. The van der Waals surface area contributed by atoms with E-state index >= 15 is 0 Å². The zero-order valence-electron chi connectivity index (χ0n) is 12.1. The monoisotopic (exact) mass is 252 g/mol. The Morgan fingerprint density at radius 3 is 2.67 bits per heavy atom. The van der Waals surface area contributed by atoms with E-state index in [9.17, 15) is 0 Å². The second kappa shape index (κ2) is 4.77. The molecule has 0 spiro atoms. The lowest BCUT2D eigenvalue weighted by atomic mass is 10.0. The lowest BCUT2D eigenvalue weighted by molar-refractivity contribution is -0.0396. The summed E-state index contributed by atoms with van der Waals surface area (Å²) in [5.41, 5.74) is 0.111. The predicted octanol–water partition coefficient (Wildman–Crippen LogP) is 2.02. The molecule has 1 saturated carbocycles. The molecule has 3 fully saturated rings. The summed E-state index contributed by atoms with van der Waals surface area (Å²) in [5.74, 6) is 0.958. The van der Waals surface area contributed by atoms with Crippen molar-refractivity contribution in [1.29, 1.82) is 0 Å². The topological polar surface area (TPSA) is 24.5 Å². The standard InChI is InChI=1S/C15H28N2O/c1-11-9-17(14(8-16-11)12-4-5-12)10-13-6-7-15(2,3)18-13/h11-14,16H,4-10H2,1-3H3. The summed E-state index contributed by atoms with van der Waals surface area (Å²) in [5, 5.41) is 3.64. The Balaban J connectivity index is 1.58. The van der Waals surface area contributed by atoms with Gasteiger partial charge < -0.3 is 10.1 Å². The van der Waals surface area contributed by atoms with Crippen LogP contribution in [-0.2, 0) is 4.74 Å². The van der Waals surface area contributed by atoms with Gasteiger partial charge in [0.1, 0.15) is 0 Å². The van der Waals surface area contributed by atoms with E-state index in [0.717, 1.165) is 18.5 Å². The van der Waals surface area contributed by atoms with Crippen LogP contribution in [0.5, 0.6) is 0 Å². The number of rotatable bonds is 3. The Bertz CT molecular complexity index is 301. The molecule has 3 unspecified atom stereocenters. The summed E-state index contributed by atoms with van der Waals surface area (Å²) in [6.45, 7) is 10.3. The average molecular weight is 252 g/mol. The van der Waals surface area contributed by atoms with Gasteiger partial charge in [0.05, 0.1) is 11.7 Å². The Morgan fingerprint density at radius 2 is 2.06 bits per heavy atom. The van der Waals surface area contributed by atoms with Crippen molar-refractivity contribution in [1.82, 2.24) is 10.2 Å². The van der Waals surface area contributed by atoms with E-state index < -0.39 is 0 Å². The molecule has 18 heavy (non-hydrogen) atoms. The molecule has 0 amide bonds. The fraction of sp³-hybridized carbons (Fsp3) is 1.00. The third-order valence-electron chi connectivity index (χ3n) is 4.81. The van der Waals surface area contributed by atoms with Gasteiger partial charge in [-0.25, -0.2) is 0 Å². The molecule has 2 heterocycles. The Kier molecular flexibility index (Phi) is 3.41. The van der Waals surface area contributed by atoms with Gasteiger partial charge >= 0.3 is 0 Å². The van der Waals surface area contributed by atoms with Crippen LogP contribution in [0, 0.1) is 5.92 Å². The van der Waals surface area contributed by atoms with E-state index in [0.29, 0.717) is 12.1 Å². The molecule has 0 aromatic carbocycles. The minimum absolute atomic E-state index is 0.111. The van der Waals surface area contributed by atoms with Crippen molar-refractivity contribution in [2.75, 3.05) is 19.6 Å². The van der Waals surface area contributed by atoms with Crippen molar-refractivity contribution >= 4 is 0 Å². The SMILES string of the molecule is CC1CN(CC2CCC(C)(C)O2)C(C2CC2)CN1. The van der Waals surface area contributed by atoms with Crippen molar-refractivity contribution in [3.05, 3.63) is 0 Å². The maximum Gasteiger partial charge on any atom is 0.0710 e. The molecule has 3 nitrogen and oxygen atoms in total. The second-order valence-electron chi connectivity index (χ2n) is 7.21. The normalized spacial score (nSPS) is 41.2. The van der Waals surface area contributed by atoms with Crippen molar-refractivity contribution in [2.45, 2.75) is 70.2 Å². The zero-order valence-corrected chi connectivity index (χ0v) is 12.1. The predicted molar refractivity (Wildman–Crippen MR) is 73.7 cm³/mol. The summed E-state index contributed by atoms with van der Waals surface area (Å²) in [4.78, 5) is 2.71. The van der Waals surface area contributed by atoms with Crippen molar-refractivity contribution in [2.24, 2.45) is 5.92 Å². The highest BCUT2D eigenvalue weighted by Crippen LogP contribution is 2.37. The average Bonchev–Trinajstić information content (AvgIpc) is 3.05. The molecule has 0 bridgehead atoms. The fourth-order valence-electron chi connectivity index (χ4n) is 3.63. The lowest BCUT2D eigenvalue weighted by Gasteiger charge is -2.41. The van der Waals surface area contributed by atoms with Crippen LogP contribution >= 0.6 is 0 Å². The van der Waals surface area contributed by atoms with Gasteiger partial charge in [-0.15, -0.1) is 0 Å². The van der Waals surface area contributed by atoms with Gasteiger partial charge in [0.25, 0.3) is 0 Å². The van der Waals surface area contributed by atoms with Gasteiger partial charge in [0.2, 0.25) is 0 Å². The fourth-order valence-corrected chi connectivity index (χ4v) is 3.63. The number of nitrogens with one attached hydrogen (secondary N) is 1. The molecule has 3 atom stereocenters. The Labute approximate surface area is 111 Å². The molecule has 0 aromatic heterocycles. The van der Waals surface area contributed by atoms with Gasteiger partial charge in [-0.3, -0.25) is 4.90 Å². The van der Waals surface area contributed by atoms with Gasteiger partial charge in [-0.2, -0.15) is 0 Å². The van der Waals surface area contributed by atoms with Crippen LogP contribution < -0.4 is 5.32 Å². The number of hydrogen-bond donors (Lipinski definition) is 1. The van der Waals surface area contributed by atoms with Crippen LogP contribution in [-0.4, -0.2) is 48.3 Å². The molecule has 104 valence electrons. The third kappa shape index (κ3) is 2.89. The smallest absolute Gasteiger partial charge is 0.0710 e. The third-order valence-corrected chi connectivity index (χ3v) is 4.81. The van der Waals surface area contributed by atoms with E-state index in [2.05, 4.69) is 31.0 Å². The first-order valence-electron chi connectivity index (χ1n) is 7.69. The molecule has 0 aromatic rings. The molecular formula is C15H28N2O. The van der Waals surface area contributed by atoms with Crippen LogP contribution in [0.15, 0.2) is 0 Å². The number of nitrogens with zero attached hydrogens (tertiary/aromatic N) is 1. The number of ether oxygens (including phenoxy) is 1. The van der Waals surface area contributed by atoms with Crippen molar-refractivity contribution in [3.63, 3.8) is 0 Å². The first kappa shape index (κ1) is 12.9. The maximum atomic E-state index is 6.17. The van der Waals surface area contributed by atoms with Crippen LogP contribution in [0.25, 0.3) is 0 Å². The quantitative estimate of drug-likeness (QED) is 0.831. The zero-order chi connectivity index (χ0) is 12.8. The van der Waals surface area contributed by atoms with E-state index in [1.165, 1.54) is 38.8 Å². The molecule has 1 aliphatic carbocycles. The molecule has 2 saturated heterocycles.